The molecule has 3 rings (SSSR count). The first kappa shape index (κ1) is 13.3. The minimum absolute atomic E-state index is 0.0459. The third kappa shape index (κ3) is 2.24. The van der Waals surface area contributed by atoms with E-state index in [2.05, 4.69) is 11.1 Å². The molecule has 3 heteroatoms. The van der Waals surface area contributed by atoms with Gasteiger partial charge < -0.3 is 0 Å². The number of carbonyl (C=O) groups excluding carboxylic acids is 1. The third-order valence-electron chi connectivity index (χ3n) is 4.94. The van der Waals surface area contributed by atoms with Crippen molar-refractivity contribution in [2.45, 2.75) is 44.9 Å². The van der Waals surface area contributed by atoms with Crippen molar-refractivity contribution in [3.05, 3.63) is 29.6 Å². The molecule has 0 saturated heterocycles. The summed E-state index contributed by atoms with van der Waals surface area (Å²) in [5, 5.41) is 9.42. The molecule has 2 aliphatic rings. The molecule has 0 spiro atoms. The van der Waals surface area contributed by atoms with Crippen LogP contribution < -0.4 is 0 Å². The number of aryl methyl sites for hydroxylation is 1. The molecule has 1 heterocycles. The molecule has 104 valence electrons. The van der Waals surface area contributed by atoms with Crippen molar-refractivity contribution >= 4 is 5.78 Å². The Kier molecular flexibility index (Phi) is 3.56. The molecule has 0 amide bonds. The van der Waals surface area contributed by atoms with Crippen LogP contribution in [0.3, 0.4) is 0 Å². The summed E-state index contributed by atoms with van der Waals surface area (Å²) >= 11 is 0. The summed E-state index contributed by atoms with van der Waals surface area (Å²) in [7, 11) is 0. The fraction of sp³-hybridized carbons (Fsp3) is 0.588. The second kappa shape index (κ2) is 5.36. The van der Waals surface area contributed by atoms with E-state index in [9.17, 15) is 10.1 Å². The summed E-state index contributed by atoms with van der Waals surface area (Å²) in [6, 6.07) is 8.29. The molecule has 0 aromatic carbocycles. The van der Waals surface area contributed by atoms with E-state index in [1.54, 1.807) is 0 Å². The van der Waals surface area contributed by atoms with Crippen molar-refractivity contribution in [2.75, 3.05) is 0 Å². The monoisotopic (exact) mass is 268 g/mol. The lowest BCUT2D eigenvalue weighted by Gasteiger charge is -2.40. The van der Waals surface area contributed by atoms with Gasteiger partial charge in [-0.15, -0.1) is 0 Å². The highest BCUT2D eigenvalue weighted by molar-refractivity contribution is 5.85. The highest BCUT2D eigenvalue weighted by Gasteiger charge is 2.48. The average molecular weight is 268 g/mol. The van der Waals surface area contributed by atoms with Crippen LogP contribution in [0.25, 0.3) is 0 Å². The number of hydrogen-bond donors (Lipinski definition) is 0. The van der Waals surface area contributed by atoms with E-state index in [-0.39, 0.29) is 23.7 Å². The van der Waals surface area contributed by atoms with Crippen molar-refractivity contribution in [3.8, 4) is 6.07 Å². The first-order chi connectivity index (χ1) is 9.70. The number of carbonyl (C=O) groups is 1. The second-order valence-corrected chi connectivity index (χ2v) is 6.19. The van der Waals surface area contributed by atoms with Gasteiger partial charge in [-0.2, -0.15) is 5.26 Å². The van der Waals surface area contributed by atoms with Crippen LogP contribution in [0.5, 0.6) is 0 Å². The summed E-state index contributed by atoms with van der Waals surface area (Å²) in [5.74, 6) is 0.503. The van der Waals surface area contributed by atoms with Gasteiger partial charge in [0.05, 0.1) is 12.0 Å². The molecule has 20 heavy (non-hydrogen) atoms. The molecule has 3 nitrogen and oxygen atoms in total. The Hall–Kier alpha value is -1.69. The molecule has 0 bridgehead atoms. The SMILES string of the molecule is Cc1cccc(C2CC(C(=O)C3CCCC3)C2C#N)n1. The number of ketones is 1. The van der Waals surface area contributed by atoms with Gasteiger partial charge >= 0.3 is 0 Å². The maximum Gasteiger partial charge on any atom is 0.140 e. The zero-order valence-electron chi connectivity index (χ0n) is 11.9. The summed E-state index contributed by atoms with van der Waals surface area (Å²) in [6.07, 6.45) is 5.21. The number of rotatable bonds is 3. The van der Waals surface area contributed by atoms with Gasteiger partial charge in [0.15, 0.2) is 0 Å². The van der Waals surface area contributed by atoms with E-state index in [0.717, 1.165) is 30.7 Å². The predicted molar refractivity (Wildman–Crippen MR) is 75.9 cm³/mol. The topological polar surface area (TPSA) is 53.8 Å². The number of Topliss-reactive ketones (excluding diaryl/α,β-unsaturated/α-hetero) is 1. The Bertz CT molecular complexity index is 554. The first-order valence-electron chi connectivity index (χ1n) is 7.57. The second-order valence-electron chi connectivity index (χ2n) is 6.19. The van der Waals surface area contributed by atoms with E-state index >= 15 is 0 Å². The average Bonchev–Trinajstić information content (AvgIpc) is 2.92. The van der Waals surface area contributed by atoms with Crippen molar-refractivity contribution in [3.63, 3.8) is 0 Å². The first-order valence-corrected chi connectivity index (χ1v) is 7.57. The molecule has 2 fully saturated rings. The third-order valence-corrected chi connectivity index (χ3v) is 4.94. The Labute approximate surface area is 120 Å². The molecule has 3 unspecified atom stereocenters. The Morgan fingerprint density at radius 2 is 2.10 bits per heavy atom. The highest BCUT2D eigenvalue weighted by atomic mass is 16.1. The Morgan fingerprint density at radius 3 is 2.75 bits per heavy atom. The van der Waals surface area contributed by atoms with E-state index in [0.29, 0.717) is 5.78 Å². The summed E-state index contributed by atoms with van der Waals surface area (Å²) < 4.78 is 0. The van der Waals surface area contributed by atoms with Crippen molar-refractivity contribution in [2.24, 2.45) is 17.8 Å². The molecule has 0 aliphatic heterocycles. The van der Waals surface area contributed by atoms with Crippen LogP contribution in [0.1, 0.15) is 49.4 Å². The molecular formula is C17H20N2O. The van der Waals surface area contributed by atoms with Gasteiger partial charge in [0.2, 0.25) is 0 Å². The summed E-state index contributed by atoms with van der Waals surface area (Å²) in [5.41, 5.74) is 1.96. The van der Waals surface area contributed by atoms with Crippen LogP contribution in [0.15, 0.2) is 18.2 Å². The van der Waals surface area contributed by atoms with Crippen molar-refractivity contribution < 1.29 is 4.79 Å². The minimum atomic E-state index is -0.169. The van der Waals surface area contributed by atoms with Crippen LogP contribution in [0.4, 0.5) is 0 Å². The van der Waals surface area contributed by atoms with Crippen LogP contribution in [-0.2, 0) is 4.79 Å². The molecule has 2 aliphatic carbocycles. The van der Waals surface area contributed by atoms with E-state index in [1.165, 1.54) is 12.8 Å². The van der Waals surface area contributed by atoms with Gasteiger partial charge in [-0.1, -0.05) is 18.9 Å². The molecule has 2 saturated carbocycles. The number of nitriles is 1. The Balaban J connectivity index is 1.73. The Morgan fingerprint density at radius 1 is 1.35 bits per heavy atom. The molecule has 1 aromatic heterocycles. The quantitative estimate of drug-likeness (QED) is 0.844. The fourth-order valence-corrected chi connectivity index (χ4v) is 3.71. The minimum Gasteiger partial charge on any atom is -0.299 e. The normalized spacial score (nSPS) is 29.7. The molecular weight excluding hydrogens is 248 g/mol. The fourth-order valence-electron chi connectivity index (χ4n) is 3.71. The van der Waals surface area contributed by atoms with Gasteiger partial charge in [0.25, 0.3) is 0 Å². The number of aromatic nitrogens is 1. The van der Waals surface area contributed by atoms with Crippen LogP contribution in [0, 0.1) is 36.0 Å². The molecule has 0 N–H and O–H groups in total. The molecule has 3 atom stereocenters. The zero-order valence-corrected chi connectivity index (χ0v) is 11.9. The van der Waals surface area contributed by atoms with Crippen LogP contribution in [-0.4, -0.2) is 10.8 Å². The zero-order chi connectivity index (χ0) is 14.1. The summed E-state index contributed by atoms with van der Waals surface area (Å²) in [6.45, 7) is 1.96. The largest absolute Gasteiger partial charge is 0.299 e. The van der Waals surface area contributed by atoms with E-state index < -0.39 is 0 Å². The lowest BCUT2D eigenvalue weighted by molar-refractivity contribution is -0.131. The lowest BCUT2D eigenvalue weighted by Crippen LogP contribution is -2.41. The van der Waals surface area contributed by atoms with Gasteiger partial charge in [-0.25, -0.2) is 0 Å². The molecule has 0 radical (unpaired) electrons. The predicted octanol–water partition coefficient (Wildman–Crippen LogP) is 3.39. The van der Waals surface area contributed by atoms with Gasteiger partial charge in [0.1, 0.15) is 5.78 Å². The number of pyridine rings is 1. The van der Waals surface area contributed by atoms with Gasteiger partial charge in [-0.3, -0.25) is 9.78 Å². The summed E-state index contributed by atoms with van der Waals surface area (Å²) in [4.78, 5) is 17.0. The number of nitrogens with zero attached hydrogens (tertiary/aromatic N) is 2. The van der Waals surface area contributed by atoms with Gasteiger partial charge in [-0.05, 0) is 38.3 Å². The highest BCUT2D eigenvalue weighted by Crippen LogP contribution is 2.49. The maximum absolute atomic E-state index is 12.5. The lowest BCUT2D eigenvalue weighted by atomic mass is 9.60. The molecule has 1 aromatic rings. The van der Waals surface area contributed by atoms with Crippen molar-refractivity contribution in [1.29, 1.82) is 5.26 Å². The standard InChI is InChI=1S/C17H20N2O/c1-11-5-4-8-16(19-11)13-9-14(15(13)10-18)17(20)12-6-2-3-7-12/h4-5,8,12-15H,2-3,6-7,9H2,1H3. The smallest absolute Gasteiger partial charge is 0.140 e. The van der Waals surface area contributed by atoms with E-state index in [1.807, 2.05) is 25.1 Å². The van der Waals surface area contributed by atoms with Gasteiger partial charge in [0, 0.05) is 29.1 Å². The van der Waals surface area contributed by atoms with Crippen molar-refractivity contribution in [1.82, 2.24) is 4.98 Å². The maximum atomic E-state index is 12.5. The van der Waals surface area contributed by atoms with E-state index in [4.69, 9.17) is 0 Å². The van der Waals surface area contributed by atoms with Crippen LogP contribution >= 0.6 is 0 Å². The number of hydrogen-bond acceptors (Lipinski definition) is 3. The van der Waals surface area contributed by atoms with Crippen LogP contribution in [0.2, 0.25) is 0 Å².